The topological polar surface area (TPSA) is 49.8 Å². The van der Waals surface area contributed by atoms with Crippen molar-refractivity contribution in [2.45, 2.75) is 19.3 Å². The van der Waals surface area contributed by atoms with E-state index in [2.05, 4.69) is 0 Å². The Morgan fingerprint density at radius 1 is 1.35 bits per heavy atom. The number of aryl methyl sites for hydroxylation is 1. The van der Waals surface area contributed by atoms with Crippen molar-refractivity contribution in [1.82, 2.24) is 4.90 Å². The van der Waals surface area contributed by atoms with Crippen LogP contribution in [-0.4, -0.2) is 49.1 Å². The van der Waals surface area contributed by atoms with Crippen molar-refractivity contribution in [3.8, 4) is 5.75 Å². The highest BCUT2D eigenvalue weighted by Gasteiger charge is 2.17. The molecule has 0 saturated heterocycles. The Morgan fingerprint density at radius 3 is 2.50 bits per heavy atom. The Hall–Kier alpha value is -1.69. The third-order valence-electron chi connectivity index (χ3n) is 2.87. The zero-order valence-corrected chi connectivity index (χ0v) is 11.4. The molecule has 0 aliphatic rings. The normalized spacial score (nSPS) is 10.7. The summed E-state index contributed by atoms with van der Waals surface area (Å²) in [6.45, 7) is -1.02. The largest absolute Gasteiger partial charge is 0.497 e. The lowest BCUT2D eigenvalue weighted by atomic mass is 10.1. The van der Waals surface area contributed by atoms with Gasteiger partial charge in [0.25, 0.3) is 6.43 Å². The molecule has 0 aromatic heterocycles. The van der Waals surface area contributed by atoms with Gasteiger partial charge in [-0.15, -0.1) is 0 Å². The lowest BCUT2D eigenvalue weighted by molar-refractivity contribution is -0.133. The van der Waals surface area contributed by atoms with Crippen LogP contribution in [0.3, 0.4) is 0 Å². The smallest absolute Gasteiger partial charge is 0.255 e. The number of aliphatic hydroxyl groups excluding tert-OH is 1. The molecule has 0 spiro atoms. The average molecular weight is 287 g/mol. The highest BCUT2D eigenvalue weighted by molar-refractivity contribution is 5.76. The lowest BCUT2D eigenvalue weighted by Crippen LogP contribution is -2.37. The van der Waals surface area contributed by atoms with E-state index in [0.29, 0.717) is 6.42 Å². The van der Waals surface area contributed by atoms with Crippen molar-refractivity contribution in [1.29, 1.82) is 0 Å². The quantitative estimate of drug-likeness (QED) is 0.792. The minimum Gasteiger partial charge on any atom is -0.497 e. The number of carbonyl (C=O) groups excluding carboxylic acids is 1. The number of hydrogen-bond acceptors (Lipinski definition) is 3. The van der Waals surface area contributed by atoms with Crippen molar-refractivity contribution in [2.75, 3.05) is 26.8 Å². The van der Waals surface area contributed by atoms with Crippen LogP contribution >= 0.6 is 0 Å². The predicted octanol–water partition coefficient (Wildman–Crippen LogP) is 1.71. The number of carbonyl (C=O) groups is 1. The van der Waals surface area contributed by atoms with E-state index in [1.807, 2.05) is 12.1 Å². The Morgan fingerprint density at radius 2 is 2.00 bits per heavy atom. The standard InChI is InChI=1S/C14H19F2NO3/c1-20-12-5-2-11(3-6-12)4-7-14(19)17(8-9-18)10-13(15)16/h2-3,5-6,13,18H,4,7-10H2,1H3. The molecule has 112 valence electrons. The predicted molar refractivity (Wildman–Crippen MR) is 71.0 cm³/mol. The van der Waals surface area contributed by atoms with Crippen molar-refractivity contribution >= 4 is 5.91 Å². The van der Waals surface area contributed by atoms with Gasteiger partial charge in [0.1, 0.15) is 5.75 Å². The molecule has 1 rings (SSSR count). The fraction of sp³-hybridized carbons (Fsp3) is 0.500. The van der Waals surface area contributed by atoms with Crippen LogP contribution in [0, 0.1) is 0 Å². The molecule has 0 aliphatic heterocycles. The monoisotopic (exact) mass is 287 g/mol. The number of halogens is 2. The van der Waals surface area contributed by atoms with E-state index < -0.39 is 13.0 Å². The molecule has 0 heterocycles. The number of aliphatic hydroxyl groups is 1. The van der Waals surface area contributed by atoms with Gasteiger partial charge in [-0.1, -0.05) is 12.1 Å². The molecule has 0 bridgehead atoms. The zero-order valence-electron chi connectivity index (χ0n) is 11.4. The molecule has 1 aromatic rings. The number of ether oxygens (including phenoxy) is 1. The minimum absolute atomic E-state index is 0.0637. The number of alkyl halides is 2. The fourth-order valence-corrected chi connectivity index (χ4v) is 1.81. The first-order valence-corrected chi connectivity index (χ1v) is 6.36. The van der Waals surface area contributed by atoms with Gasteiger partial charge in [-0.25, -0.2) is 8.78 Å². The maximum Gasteiger partial charge on any atom is 0.255 e. The Labute approximate surface area is 117 Å². The van der Waals surface area contributed by atoms with E-state index >= 15 is 0 Å². The molecule has 1 aromatic carbocycles. The molecule has 0 saturated carbocycles. The van der Waals surface area contributed by atoms with Crippen molar-refractivity contribution in [3.63, 3.8) is 0 Å². The summed E-state index contributed by atoms with van der Waals surface area (Å²) in [7, 11) is 1.57. The van der Waals surface area contributed by atoms with Gasteiger partial charge in [0, 0.05) is 13.0 Å². The second kappa shape index (κ2) is 8.47. The summed E-state index contributed by atoms with van der Waals surface area (Å²) < 4.78 is 29.7. The maximum atomic E-state index is 12.3. The molecule has 0 aliphatic carbocycles. The number of nitrogens with zero attached hydrogens (tertiary/aromatic N) is 1. The van der Waals surface area contributed by atoms with Crippen LogP contribution in [0.5, 0.6) is 5.75 Å². The van der Waals surface area contributed by atoms with Crippen molar-refractivity contribution in [2.24, 2.45) is 0 Å². The van der Waals surface area contributed by atoms with Gasteiger partial charge in [0.2, 0.25) is 5.91 Å². The van der Waals surface area contributed by atoms with Crippen LogP contribution in [0.2, 0.25) is 0 Å². The van der Waals surface area contributed by atoms with Crippen LogP contribution < -0.4 is 4.74 Å². The summed E-state index contributed by atoms with van der Waals surface area (Å²) in [5, 5.41) is 8.79. The van der Waals surface area contributed by atoms with Crippen LogP contribution in [0.15, 0.2) is 24.3 Å². The fourth-order valence-electron chi connectivity index (χ4n) is 1.81. The molecule has 1 N–H and O–H groups in total. The zero-order chi connectivity index (χ0) is 15.0. The van der Waals surface area contributed by atoms with Gasteiger partial charge >= 0.3 is 0 Å². The summed E-state index contributed by atoms with van der Waals surface area (Å²) in [5.41, 5.74) is 0.931. The molecule has 0 fully saturated rings. The Bertz CT molecular complexity index is 409. The number of benzene rings is 1. The molecule has 0 unspecified atom stereocenters. The summed E-state index contributed by atoms with van der Waals surface area (Å²) in [6, 6.07) is 7.22. The maximum absolute atomic E-state index is 12.3. The van der Waals surface area contributed by atoms with E-state index in [1.54, 1.807) is 19.2 Å². The first-order valence-electron chi connectivity index (χ1n) is 6.36. The second-order valence-electron chi connectivity index (χ2n) is 4.30. The minimum atomic E-state index is -2.59. The number of methoxy groups -OCH3 is 1. The Kier molecular flexibility index (Phi) is 6.93. The highest BCUT2D eigenvalue weighted by atomic mass is 19.3. The van der Waals surface area contributed by atoms with Crippen molar-refractivity contribution in [3.05, 3.63) is 29.8 Å². The molecule has 1 amide bonds. The molecule has 0 radical (unpaired) electrons. The van der Waals surface area contributed by atoms with Crippen LogP contribution in [0.4, 0.5) is 8.78 Å². The van der Waals surface area contributed by atoms with E-state index in [0.717, 1.165) is 16.2 Å². The van der Waals surface area contributed by atoms with Gasteiger partial charge in [0.15, 0.2) is 0 Å². The van der Waals surface area contributed by atoms with E-state index in [1.165, 1.54) is 0 Å². The summed E-state index contributed by atoms with van der Waals surface area (Å²) >= 11 is 0. The number of hydrogen-bond donors (Lipinski definition) is 1. The second-order valence-corrected chi connectivity index (χ2v) is 4.30. The summed E-state index contributed by atoms with van der Waals surface area (Å²) in [6.07, 6.45) is -1.99. The number of rotatable bonds is 8. The molecule has 20 heavy (non-hydrogen) atoms. The molecular formula is C14H19F2NO3. The SMILES string of the molecule is COc1ccc(CCC(=O)N(CCO)CC(F)F)cc1. The third-order valence-corrected chi connectivity index (χ3v) is 2.87. The van der Waals surface area contributed by atoms with Crippen LogP contribution in [0.1, 0.15) is 12.0 Å². The van der Waals surface area contributed by atoms with Gasteiger partial charge in [-0.05, 0) is 24.1 Å². The van der Waals surface area contributed by atoms with Crippen LogP contribution in [-0.2, 0) is 11.2 Å². The highest BCUT2D eigenvalue weighted by Crippen LogP contribution is 2.13. The van der Waals surface area contributed by atoms with Gasteiger partial charge < -0.3 is 14.7 Å². The molecule has 4 nitrogen and oxygen atoms in total. The van der Waals surface area contributed by atoms with Crippen LogP contribution in [0.25, 0.3) is 0 Å². The van der Waals surface area contributed by atoms with Crippen molar-refractivity contribution < 1.29 is 23.4 Å². The van der Waals surface area contributed by atoms with Gasteiger partial charge in [0.05, 0.1) is 20.3 Å². The Balaban J connectivity index is 2.50. The first-order chi connectivity index (χ1) is 9.56. The van der Waals surface area contributed by atoms with Gasteiger partial charge in [-0.3, -0.25) is 4.79 Å². The number of amides is 1. The third kappa shape index (κ3) is 5.52. The molecular weight excluding hydrogens is 268 g/mol. The van der Waals surface area contributed by atoms with E-state index in [4.69, 9.17) is 9.84 Å². The summed E-state index contributed by atoms with van der Waals surface area (Å²) in [4.78, 5) is 12.8. The van der Waals surface area contributed by atoms with E-state index in [9.17, 15) is 13.6 Å². The molecule has 0 atom stereocenters. The lowest BCUT2D eigenvalue weighted by Gasteiger charge is -2.21. The van der Waals surface area contributed by atoms with E-state index in [-0.39, 0.29) is 25.5 Å². The van der Waals surface area contributed by atoms with Gasteiger partial charge in [-0.2, -0.15) is 0 Å². The average Bonchev–Trinajstić information content (AvgIpc) is 2.44. The molecule has 6 heteroatoms. The first kappa shape index (κ1) is 16.4. The summed E-state index contributed by atoms with van der Waals surface area (Å²) in [5.74, 6) is 0.342.